The van der Waals surface area contributed by atoms with Crippen LogP contribution in [0.1, 0.15) is 52.4 Å². The molecule has 174 valence electrons. The topological polar surface area (TPSA) is 66.5 Å². The Balaban J connectivity index is 1.73. The number of nitrogens with one attached hydrogen (secondary N) is 1. The Kier molecular flexibility index (Phi) is 7.92. The number of sulfonamides is 1. The van der Waals surface area contributed by atoms with Gasteiger partial charge in [0, 0.05) is 12.1 Å². The molecule has 0 spiro atoms. The molecule has 1 N–H and O–H groups in total. The van der Waals surface area contributed by atoms with Crippen molar-refractivity contribution in [2.24, 2.45) is 0 Å². The van der Waals surface area contributed by atoms with Crippen LogP contribution in [0.4, 0.5) is 5.69 Å². The minimum atomic E-state index is -3.49. The van der Waals surface area contributed by atoms with Crippen LogP contribution >= 0.6 is 0 Å². The average Bonchev–Trinajstić information content (AvgIpc) is 2.81. The maximum atomic E-state index is 12.7. The second-order valence-corrected chi connectivity index (χ2v) is 10.3. The minimum Gasteiger partial charge on any atom is -0.351 e. The molecule has 0 aliphatic carbocycles. The summed E-state index contributed by atoms with van der Waals surface area (Å²) in [6, 6.07) is 23.0. The van der Waals surface area contributed by atoms with Gasteiger partial charge in [0.1, 0.15) is 0 Å². The lowest BCUT2D eigenvalue weighted by Crippen LogP contribution is -2.31. The van der Waals surface area contributed by atoms with E-state index in [9.17, 15) is 13.2 Å². The van der Waals surface area contributed by atoms with Gasteiger partial charge < -0.3 is 5.32 Å². The molecule has 1 unspecified atom stereocenters. The molecule has 0 bridgehead atoms. The number of rotatable bonds is 9. The number of benzene rings is 3. The fraction of sp³-hybridized carbons (Fsp3) is 0.296. The van der Waals surface area contributed by atoms with Gasteiger partial charge in [-0.2, -0.15) is 0 Å². The molecular weight excluding hydrogens is 432 g/mol. The van der Waals surface area contributed by atoms with Crippen LogP contribution in [-0.2, 0) is 23.0 Å². The van der Waals surface area contributed by atoms with Crippen LogP contribution in [-0.4, -0.2) is 27.1 Å². The summed E-state index contributed by atoms with van der Waals surface area (Å²) >= 11 is 0. The summed E-state index contributed by atoms with van der Waals surface area (Å²) in [6.45, 7) is 6.78. The Hall–Kier alpha value is -3.12. The van der Waals surface area contributed by atoms with Crippen molar-refractivity contribution in [3.8, 4) is 0 Å². The number of nitrogens with zero attached hydrogens (tertiary/aromatic N) is 1. The van der Waals surface area contributed by atoms with Crippen LogP contribution in [0, 0.1) is 6.92 Å². The molecule has 0 fully saturated rings. The Bertz CT molecular complexity index is 1190. The fourth-order valence-electron chi connectivity index (χ4n) is 3.90. The first-order valence-corrected chi connectivity index (χ1v) is 13.0. The number of hydrogen-bond acceptors (Lipinski definition) is 3. The summed E-state index contributed by atoms with van der Waals surface area (Å²) in [5, 5.41) is 2.98. The van der Waals surface area contributed by atoms with Crippen LogP contribution in [0.3, 0.4) is 0 Å². The maximum absolute atomic E-state index is 12.7. The molecule has 0 aromatic heterocycles. The van der Waals surface area contributed by atoms with E-state index in [0.29, 0.717) is 12.1 Å². The van der Waals surface area contributed by atoms with E-state index in [-0.39, 0.29) is 18.4 Å². The Morgan fingerprint density at radius 2 is 1.64 bits per heavy atom. The number of anilines is 1. The lowest BCUT2D eigenvalue weighted by Gasteiger charge is -2.27. The highest BCUT2D eigenvalue weighted by Gasteiger charge is 2.22. The molecular formula is C27H32N2O3S. The van der Waals surface area contributed by atoms with E-state index >= 15 is 0 Å². The average molecular weight is 465 g/mol. The highest BCUT2D eigenvalue weighted by molar-refractivity contribution is 7.92. The molecule has 5 nitrogen and oxygen atoms in total. The molecule has 1 amide bonds. The molecule has 33 heavy (non-hydrogen) atoms. The van der Waals surface area contributed by atoms with Gasteiger partial charge in [-0.3, -0.25) is 9.10 Å². The van der Waals surface area contributed by atoms with Crippen LogP contribution in [0.15, 0.2) is 72.8 Å². The van der Waals surface area contributed by atoms with Crippen molar-refractivity contribution >= 4 is 21.6 Å². The highest BCUT2D eigenvalue weighted by Crippen LogP contribution is 2.29. The molecule has 0 aliphatic heterocycles. The molecule has 1 atom stereocenters. The van der Waals surface area contributed by atoms with Crippen molar-refractivity contribution in [3.05, 3.63) is 101 Å². The van der Waals surface area contributed by atoms with Gasteiger partial charge in [0.15, 0.2) is 0 Å². The lowest BCUT2D eigenvalue weighted by atomic mass is 10.0. The van der Waals surface area contributed by atoms with Gasteiger partial charge in [0.2, 0.25) is 10.0 Å². The molecule has 0 saturated heterocycles. The standard InChI is InChI=1S/C27H32N2O3S/c1-5-23-13-9-10-20(2)26(23)29(33(4,31)32)19-22-14-16-25(17-15-22)27(30)28-18-21(3)24-11-7-6-8-12-24/h6-17,21H,5,18-19H2,1-4H3,(H,28,30). The van der Waals surface area contributed by atoms with Crippen LogP contribution < -0.4 is 9.62 Å². The summed E-state index contributed by atoms with van der Waals surface area (Å²) in [7, 11) is -3.49. The zero-order chi connectivity index (χ0) is 24.0. The summed E-state index contributed by atoms with van der Waals surface area (Å²) in [5.41, 5.74) is 5.19. The molecule has 0 aliphatic rings. The minimum absolute atomic E-state index is 0.142. The molecule has 3 aromatic carbocycles. The first-order chi connectivity index (χ1) is 15.7. The van der Waals surface area contributed by atoms with Gasteiger partial charge in [-0.25, -0.2) is 8.42 Å². The first kappa shape index (κ1) is 24.5. The maximum Gasteiger partial charge on any atom is 0.251 e. The molecule has 0 radical (unpaired) electrons. The monoisotopic (exact) mass is 464 g/mol. The second kappa shape index (κ2) is 10.7. The third-order valence-corrected chi connectivity index (χ3v) is 6.94. The van der Waals surface area contributed by atoms with E-state index in [2.05, 4.69) is 24.4 Å². The van der Waals surface area contributed by atoms with Gasteiger partial charge in [-0.1, -0.05) is 74.5 Å². The van der Waals surface area contributed by atoms with Gasteiger partial charge >= 0.3 is 0 Å². The molecule has 0 saturated carbocycles. The van der Waals surface area contributed by atoms with Crippen LogP contribution in [0.25, 0.3) is 0 Å². The van der Waals surface area contributed by atoms with E-state index in [4.69, 9.17) is 0 Å². The Morgan fingerprint density at radius 1 is 0.970 bits per heavy atom. The van der Waals surface area contributed by atoms with Gasteiger partial charge in [0.25, 0.3) is 5.91 Å². The molecule has 0 heterocycles. The second-order valence-electron chi connectivity index (χ2n) is 8.42. The van der Waals surface area contributed by atoms with Crippen LogP contribution in [0.5, 0.6) is 0 Å². The SMILES string of the molecule is CCc1cccc(C)c1N(Cc1ccc(C(=O)NCC(C)c2ccccc2)cc1)S(C)(=O)=O. The van der Waals surface area contributed by atoms with Crippen molar-refractivity contribution in [1.82, 2.24) is 5.32 Å². The van der Waals surface area contributed by atoms with E-state index in [1.165, 1.54) is 16.1 Å². The number of hydrogen-bond donors (Lipinski definition) is 1. The Morgan fingerprint density at radius 3 is 2.24 bits per heavy atom. The van der Waals surface area contributed by atoms with Crippen molar-refractivity contribution < 1.29 is 13.2 Å². The van der Waals surface area contributed by atoms with Gasteiger partial charge in [0.05, 0.1) is 18.5 Å². The first-order valence-electron chi connectivity index (χ1n) is 11.2. The predicted octanol–water partition coefficient (Wildman–Crippen LogP) is 5.06. The smallest absolute Gasteiger partial charge is 0.251 e. The fourth-order valence-corrected chi connectivity index (χ4v) is 4.88. The number of aryl methyl sites for hydroxylation is 2. The van der Waals surface area contributed by atoms with E-state index in [0.717, 1.165) is 28.8 Å². The number of carbonyl (C=O) groups excluding carboxylic acids is 1. The van der Waals surface area contributed by atoms with Crippen molar-refractivity contribution in [3.63, 3.8) is 0 Å². The third kappa shape index (κ3) is 6.23. The zero-order valence-electron chi connectivity index (χ0n) is 19.7. The number of para-hydroxylation sites is 1. The number of amides is 1. The van der Waals surface area contributed by atoms with Crippen LogP contribution in [0.2, 0.25) is 0 Å². The summed E-state index contributed by atoms with van der Waals surface area (Å²) in [4.78, 5) is 12.6. The number of carbonyl (C=O) groups is 1. The predicted molar refractivity (Wildman–Crippen MR) is 135 cm³/mol. The highest BCUT2D eigenvalue weighted by atomic mass is 32.2. The summed E-state index contributed by atoms with van der Waals surface area (Å²) in [5.74, 6) is 0.0658. The Labute approximate surface area is 197 Å². The molecule has 3 aromatic rings. The van der Waals surface area contributed by atoms with Crippen molar-refractivity contribution in [1.29, 1.82) is 0 Å². The summed E-state index contributed by atoms with van der Waals surface area (Å²) < 4.78 is 26.8. The van der Waals surface area contributed by atoms with E-state index in [1.807, 2.05) is 62.4 Å². The van der Waals surface area contributed by atoms with Crippen molar-refractivity contribution in [2.75, 3.05) is 17.1 Å². The quantitative estimate of drug-likeness (QED) is 0.481. The van der Waals surface area contributed by atoms with Crippen molar-refractivity contribution in [2.45, 2.75) is 39.7 Å². The normalized spacial score (nSPS) is 12.2. The van der Waals surface area contributed by atoms with Gasteiger partial charge in [-0.05, 0) is 53.6 Å². The third-order valence-electron chi connectivity index (χ3n) is 5.83. The molecule has 6 heteroatoms. The summed E-state index contributed by atoms with van der Waals surface area (Å²) in [6.07, 6.45) is 1.97. The van der Waals surface area contributed by atoms with E-state index in [1.54, 1.807) is 12.1 Å². The largest absolute Gasteiger partial charge is 0.351 e. The zero-order valence-corrected chi connectivity index (χ0v) is 20.5. The molecule has 3 rings (SSSR count). The van der Waals surface area contributed by atoms with Gasteiger partial charge in [-0.15, -0.1) is 0 Å². The lowest BCUT2D eigenvalue weighted by molar-refractivity contribution is 0.0951. The van der Waals surface area contributed by atoms with E-state index < -0.39 is 10.0 Å².